The Hall–Kier alpha value is -3.33. The minimum absolute atomic E-state index is 0.0406. The molecule has 0 saturated heterocycles. The monoisotopic (exact) mass is 996 g/mol. The maximum atomic E-state index is 12.8. The van der Waals surface area contributed by atoms with Crippen molar-refractivity contribution in [3.8, 4) is 0 Å². The van der Waals surface area contributed by atoms with Crippen LogP contribution in [0.25, 0.3) is 0 Å². The number of allylic oxidation sites excluding steroid dienone is 18. The van der Waals surface area contributed by atoms with Crippen LogP contribution in [-0.4, -0.2) is 70.0 Å². The van der Waals surface area contributed by atoms with E-state index in [-0.39, 0.29) is 26.1 Å². The van der Waals surface area contributed by atoms with Crippen LogP contribution in [-0.2, 0) is 32.7 Å². The Morgan fingerprint density at radius 2 is 0.771 bits per heavy atom. The maximum Gasteiger partial charge on any atom is 0.306 e. The number of carbonyl (C=O) groups is 2. The van der Waals surface area contributed by atoms with Gasteiger partial charge in [-0.1, -0.05) is 207 Å². The van der Waals surface area contributed by atoms with E-state index in [9.17, 15) is 19.0 Å². The number of unbranched alkanes of at least 4 members (excludes halogenated alkanes) is 17. The number of nitrogens with zero attached hydrogens (tertiary/aromatic N) is 1. The van der Waals surface area contributed by atoms with Gasteiger partial charge in [0.05, 0.1) is 27.7 Å². The molecule has 2 unspecified atom stereocenters. The van der Waals surface area contributed by atoms with E-state index < -0.39 is 32.5 Å². The number of hydrogen-bond acceptors (Lipinski definition) is 8. The van der Waals surface area contributed by atoms with Crippen molar-refractivity contribution in [2.24, 2.45) is 0 Å². The lowest BCUT2D eigenvalue weighted by molar-refractivity contribution is -0.870. The molecular weight excluding hydrogens is 894 g/mol. The van der Waals surface area contributed by atoms with E-state index >= 15 is 0 Å². The van der Waals surface area contributed by atoms with Gasteiger partial charge in [-0.15, -0.1) is 0 Å². The molecule has 0 aromatic heterocycles. The Bertz CT molecular complexity index is 1550. The number of carbonyl (C=O) groups excluding carboxylic acids is 2. The quantitative estimate of drug-likeness (QED) is 0.0195. The molecule has 2 atom stereocenters. The van der Waals surface area contributed by atoms with Crippen LogP contribution in [0.4, 0.5) is 0 Å². The summed E-state index contributed by atoms with van der Waals surface area (Å²) in [5.74, 6) is -0.868. The van der Waals surface area contributed by atoms with Gasteiger partial charge in [-0.2, -0.15) is 0 Å². The van der Waals surface area contributed by atoms with Gasteiger partial charge in [0.25, 0.3) is 7.82 Å². The second-order valence-corrected chi connectivity index (χ2v) is 20.6. The zero-order valence-electron chi connectivity index (χ0n) is 45.2. The molecule has 0 aliphatic heterocycles. The van der Waals surface area contributed by atoms with Crippen molar-refractivity contribution in [2.45, 2.75) is 213 Å². The number of rotatable bonds is 49. The van der Waals surface area contributed by atoms with Gasteiger partial charge in [0.1, 0.15) is 19.8 Å². The fourth-order valence-corrected chi connectivity index (χ4v) is 7.81. The van der Waals surface area contributed by atoms with Crippen molar-refractivity contribution in [1.29, 1.82) is 0 Å². The summed E-state index contributed by atoms with van der Waals surface area (Å²) >= 11 is 0. The highest BCUT2D eigenvalue weighted by atomic mass is 31.2. The molecule has 0 aromatic rings. The molecule has 0 heterocycles. The Labute approximate surface area is 429 Å². The lowest BCUT2D eigenvalue weighted by Crippen LogP contribution is -2.37. The van der Waals surface area contributed by atoms with E-state index in [2.05, 4.69) is 123 Å². The van der Waals surface area contributed by atoms with Crippen LogP contribution < -0.4 is 4.89 Å². The summed E-state index contributed by atoms with van der Waals surface area (Å²) in [5.41, 5.74) is 0. The Balaban J connectivity index is 4.20. The number of esters is 2. The Morgan fingerprint density at radius 3 is 1.14 bits per heavy atom. The number of phosphoric acid groups is 1. The number of hydrogen-bond donors (Lipinski definition) is 0. The zero-order chi connectivity index (χ0) is 51.3. The van der Waals surface area contributed by atoms with Gasteiger partial charge in [0.15, 0.2) is 6.10 Å². The number of quaternary nitrogens is 1. The van der Waals surface area contributed by atoms with Gasteiger partial charge in [-0.05, 0) is 96.3 Å². The molecular formula is C60H102NO8P. The van der Waals surface area contributed by atoms with E-state index in [1.165, 1.54) is 64.2 Å². The highest BCUT2D eigenvalue weighted by Crippen LogP contribution is 2.38. The molecule has 0 spiro atoms. The Kier molecular flexibility index (Phi) is 48.2. The molecule has 0 bridgehead atoms. The first kappa shape index (κ1) is 66.7. The van der Waals surface area contributed by atoms with Crippen molar-refractivity contribution < 1.29 is 42.1 Å². The third kappa shape index (κ3) is 54.0. The first-order valence-electron chi connectivity index (χ1n) is 27.6. The van der Waals surface area contributed by atoms with E-state index in [1.807, 2.05) is 21.1 Å². The van der Waals surface area contributed by atoms with Gasteiger partial charge in [0.2, 0.25) is 0 Å². The molecule has 400 valence electrons. The molecule has 0 N–H and O–H groups in total. The van der Waals surface area contributed by atoms with E-state index in [0.717, 1.165) is 103 Å². The molecule has 0 amide bonds. The second-order valence-electron chi connectivity index (χ2n) is 19.2. The van der Waals surface area contributed by atoms with Crippen LogP contribution in [0.5, 0.6) is 0 Å². The van der Waals surface area contributed by atoms with Crippen molar-refractivity contribution in [1.82, 2.24) is 0 Å². The van der Waals surface area contributed by atoms with Crippen molar-refractivity contribution in [3.63, 3.8) is 0 Å². The summed E-state index contributed by atoms with van der Waals surface area (Å²) in [6, 6.07) is 0. The molecule has 70 heavy (non-hydrogen) atoms. The third-order valence-corrected chi connectivity index (χ3v) is 12.3. The topological polar surface area (TPSA) is 111 Å². The second kappa shape index (κ2) is 50.6. The summed E-state index contributed by atoms with van der Waals surface area (Å²) in [4.78, 5) is 37.8. The van der Waals surface area contributed by atoms with Gasteiger partial charge < -0.3 is 27.9 Å². The fraction of sp³-hybridized carbons (Fsp3) is 0.667. The van der Waals surface area contributed by atoms with E-state index in [1.54, 1.807) is 0 Å². The van der Waals surface area contributed by atoms with E-state index in [0.29, 0.717) is 23.9 Å². The largest absolute Gasteiger partial charge is 0.756 e. The highest BCUT2D eigenvalue weighted by Gasteiger charge is 2.21. The van der Waals surface area contributed by atoms with E-state index in [4.69, 9.17) is 18.5 Å². The number of phosphoric ester groups is 1. The summed E-state index contributed by atoms with van der Waals surface area (Å²) in [5, 5.41) is 0. The lowest BCUT2D eigenvalue weighted by Gasteiger charge is -2.28. The molecule has 9 nitrogen and oxygen atoms in total. The smallest absolute Gasteiger partial charge is 0.306 e. The molecule has 10 heteroatoms. The highest BCUT2D eigenvalue weighted by molar-refractivity contribution is 7.45. The summed E-state index contributed by atoms with van der Waals surface area (Å²) < 4.78 is 34.1. The minimum atomic E-state index is -4.65. The normalized spacial score (nSPS) is 14.2. The average Bonchev–Trinajstić information content (AvgIpc) is 3.32. The zero-order valence-corrected chi connectivity index (χ0v) is 46.1. The van der Waals surface area contributed by atoms with Crippen LogP contribution in [0.15, 0.2) is 109 Å². The molecule has 0 fully saturated rings. The van der Waals surface area contributed by atoms with Gasteiger partial charge in [0, 0.05) is 12.8 Å². The predicted octanol–water partition coefficient (Wildman–Crippen LogP) is 16.4. The average molecular weight is 996 g/mol. The molecule has 0 aromatic carbocycles. The maximum absolute atomic E-state index is 12.8. The first-order valence-corrected chi connectivity index (χ1v) is 29.1. The molecule has 0 radical (unpaired) electrons. The predicted molar refractivity (Wildman–Crippen MR) is 295 cm³/mol. The third-order valence-electron chi connectivity index (χ3n) is 11.3. The van der Waals surface area contributed by atoms with Gasteiger partial charge in [-0.3, -0.25) is 14.2 Å². The fourth-order valence-electron chi connectivity index (χ4n) is 7.08. The standard InChI is InChI=1S/C60H102NO8P/c1-6-8-10-12-14-16-18-20-22-24-25-26-27-28-29-30-31-32-33-34-35-37-39-41-43-45-47-49-51-53-60(63)69-58(57-68-70(64,65)67-55-54-61(3,4)5)56-66-59(62)52-50-48-46-44-42-40-38-36-23-21-19-17-15-13-11-9-7-2/h8-11,14-17,20-23,25-26,28-29,38,40,58H,6-7,12-13,18-19,24,27,30-37,39,41-57H2,1-5H3/b10-8-,11-9-,16-14-,17-15-,22-20-,23-21-,26-25-,29-28-,40-38-. The summed E-state index contributed by atoms with van der Waals surface area (Å²) in [6.45, 7) is 3.97. The van der Waals surface area contributed by atoms with Crippen LogP contribution >= 0.6 is 7.82 Å². The van der Waals surface area contributed by atoms with Crippen molar-refractivity contribution in [2.75, 3.05) is 47.5 Å². The minimum Gasteiger partial charge on any atom is -0.756 e. The van der Waals surface area contributed by atoms with Crippen LogP contribution in [0, 0.1) is 0 Å². The number of ether oxygens (including phenoxy) is 2. The summed E-state index contributed by atoms with van der Waals surface area (Å²) in [7, 11) is 1.14. The van der Waals surface area contributed by atoms with Gasteiger partial charge >= 0.3 is 11.9 Å². The lowest BCUT2D eigenvalue weighted by atomic mass is 10.0. The van der Waals surface area contributed by atoms with Crippen LogP contribution in [0.3, 0.4) is 0 Å². The van der Waals surface area contributed by atoms with Gasteiger partial charge in [-0.25, -0.2) is 0 Å². The molecule has 0 rings (SSSR count). The van der Waals surface area contributed by atoms with Crippen molar-refractivity contribution in [3.05, 3.63) is 109 Å². The first-order chi connectivity index (χ1) is 34.0. The SMILES string of the molecule is CC/C=C\C/C=C\C/C=C\C/C=C\C/C=C\CCCCCCCCCCCCCCCC(=O)OC(COC(=O)CCCCCC/C=C\C/C=C\C/C=C\C/C=C\CC)COP(=O)([O-])OCC[N+](C)(C)C. The molecule has 0 aliphatic carbocycles. The Morgan fingerprint density at radius 1 is 0.443 bits per heavy atom. The van der Waals surface area contributed by atoms with Crippen molar-refractivity contribution >= 4 is 19.8 Å². The van der Waals surface area contributed by atoms with Crippen LogP contribution in [0.1, 0.15) is 206 Å². The summed E-state index contributed by atoms with van der Waals surface area (Å²) in [6.07, 6.45) is 69.9. The number of likely N-dealkylation sites (N-methyl/N-ethyl adjacent to an activating group) is 1. The molecule has 0 saturated carbocycles. The van der Waals surface area contributed by atoms with Crippen LogP contribution in [0.2, 0.25) is 0 Å². The molecule has 0 aliphatic rings.